The van der Waals surface area contributed by atoms with Gasteiger partial charge >= 0.3 is 0 Å². The van der Waals surface area contributed by atoms with Crippen LogP contribution in [0.4, 0.5) is 11.4 Å². The fraction of sp³-hybridized carbons (Fsp3) is 0.263. The highest BCUT2D eigenvalue weighted by atomic mass is 16.2. The molecule has 118 valence electrons. The van der Waals surface area contributed by atoms with Crippen molar-refractivity contribution in [3.05, 3.63) is 60.2 Å². The maximum absolute atomic E-state index is 12.6. The number of nitrogens with one attached hydrogen (secondary N) is 1. The minimum Gasteiger partial charge on any atom is -0.324 e. The molecule has 1 aliphatic heterocycles. The zero-order valence-corrected chi connectivity index (χ0v) is 13.2. The highest BCUT2D eigenvalue weighted by Crippen LogP contribution is 2.28. The molecule has 0 aromatic heterocycles. The van der Waals surface area contributed by atoms with Crippen LogP contribution in [0.15, 0.2) is 54.6 Å². The molecule has 2 amide bonds. The molecule has 0 saturated heterocycles. The minimum absolute atomic E-state index is 0.00524. The number of rotatable bonds is 3. The summed E-state index contributed by atoms with van der Waals surface area (Å²) in [5.74, 6) is -0.174. The van der Waals surface area contributed by atoms with Crippen LogP contribution in [0, 0.1) is 0 Å². The van der Waals surface area contributed by atoms with Gasteiger partial charge in [-0.3, -0.25) is 14.5 Å². The van der Waals surface area contributed by atoms with E-state index in [0.29, 0.717) is 6.42 Å². The number of benzene rings is 2. The van der Waals surface area contributed by atoms with E-state index in [-0.39, 0.29) is 11.8 Å². The van der Waals surface area contributed by atoms with Gasteiger partial charge in [0.2, 0.25) is 11.8 Å². The predicted molar refractivity (Wildman–Crippen MR) is 91.4 cm³/mol. The molecule has 2 aromatic carbocycles. The second kappa shape index (κ2) is 6.65. The van der Waals surface area contributed by atoms with Gasteiger partial charge in [0.1, 0.15) is 6.04 Å². The predicted octanol–water partition coefficient (Wildman–Crippen LogP) is 3.38. The molecule has 1 N–H and O–H groups in total. The summed E-state index contributed by atoms with van der Waals surface area (Å²) >= 11 is 0. The zero-order chi connectivity index (χ0) is 16.2. The third-order valence-corrected chi connectivity index (χ3v) is 4.16. The lowest BCUT2D eigenvalue weighted by atomic mass is 10.1. The number of nitrogens with zero attached hydrogens (tertiary/aromatic N) is 1. The van der Waals surface area contributed by atoms with E-state index < -0.39 is 6.04 Å². The SMILES string of the molecule is CC(C(=O)Nc1ccccc1)N1C(=O)CCCc2ccccc21. The number of carbonyl (C=O) groups is 2. The molecule has 23 heavy (non-hydrogen) atoms. The molecule has 3 rings (SSSR count). The van der Waals surface area contributed by atoms with E-state index in [0.717, 1.165) is 29.8 Å². The summed E-state index contributed by atoms with van der Waals surface area (Å²) in [7, 11) is 0. The van der Waals surface area contributed by atoms with Gasteiger partial charge in [0.05, 0.1) is 0 Å². The van der Waals surface area contributed by atoms with Crippen molar-refractivity contribution in [2.75, 3.05) is 10.2 Å². The Kier molecular flexibility index (Phi) is 4.42. The second-order valence-corrected chi connectivity index (χ2v) is 5.78. The molecule has 0 bridgehead atoms. The number of anilines is 2. The zero-order valence-electron chi connectivity index (χ0n) is 13.2. The Morgan fingerprint density at radius 2 is 1.74 bits per heavy atom. The van der Waals surface area contributed by atoms with E-state index in [1.165, 1.54) is 0 Å². The molecule has 0 saturated carbocycles. The second-order valence-electron chi connectivity index (χ2n) is 5.78. The molecular formula is C19H20N2O2. The van der Waals surface area contributed by atoms with Gasteiger partial charge in [0.25, 0.3) is 0 Å². The maximum Gasteiger partial charge on any atom is 0.247 e. The molecular weight excluding hydrogens is 288 g/mol. The van der Waals surface area contributed by atoms with Crippen LogP contribution in [-0.4, -0.2) is 17.9 Å². The van der Waals surface area contributed by atoms with E-state index in [2.05, 4.69) is 5.32 Å². The Bertz CT molecular complexity index is 712. The molecule has 0 radical (unpaired) electrons. The summed E-state index contributed by atoms with van der Waals surface area (Å²) in [5, 5.41) is 2.88. The Hall–Kier alpha value is -2.62. The first-order valence-corrected chi connectivity index (χ1v) is 7.92. The molecule has 1 aliphatic rings. The number of carbonyl (C=O) groups excluding carboxylic acids is 2. The van der Waals surface area contributed by atoms with Crippen LogP contribution in [0.25, 0.3) is 0 Å². The van der Waals surface area contributed by atoms with Crippen LogP contribution in [0.1, 0.15) is 25.3 Å². The standard InChI is InChI=1S/C19H20N2O2/c1-14(19(23)20-16-10-3-2-4-11-16)21-17-12-6-5-8-15(17)9-7-13-18(21)22/h2-6,8,10-12,14H,7,9,13H2,1H3,(H,20,23). The summed E-state index contributed by atoms with van der Waals surface area (Å²) in [5.41, 5.74) is 2.71. The third-order valence-electron chi connectivity index (χ3n) is 4.16. The highest BCUT2D eigenvalue weighted by Gasteiger charge is 2.30. The van der Waals surface area contributed by atoms with Crippen molar-refractivity contribution in [3.8, 4) is 0 Å². The largest absolute Gasteiger partial charge is 0.324 e. The van der Waals surface area contributed by atoms with Crippen LogP contribution < -0.4 is 10.2 Å². The first-order chi connectivity index (χ1) is 11.2. The number of fused-ring (bicyclic) bond motifs is 1. The van der Waals surface area contributed by atoms with Gasteiger partial charge in [0, 0.05) is 17.8 Å². The van der Waals surface area contributed by atoms with Crippen molar-refractivity contribution in [3.63, 3.8) is 0 Å². The van der Waals surface area contributed by atoms with Crippen molar-refractivity contribution in [1.29, 1.82) is 0 Å². The van der Waals surface area contributed by atoms with Gasteiger partial charge in [-0.25, -0.2) is 0 Å². The van der Waals surface area contributed by atoms with E-state index in [1.807, 2.05) is 54.6 Å². The number of aryl methyl sites for hydroxylation is 1. The fourth-order valence-corrected chi connectivity index (χ4v) is 2.95. The van der Waals surface area contributed by atoms with Crippen LogP contribution in [0.3, 0.4) is 0 Å². The normalized spacial score (nSPS) is 15.5. The molecule has 1 atom stereocenters. The van der Waals surface area contributed by atoms with E-state index in [1.54, 1.807) is 11.8 Å². The highest BCUT2D eigenvalue weighted by molar-refractivity contribution is 6.05. The lowest BCUT2D eigenvalue weighted by Crippen LogP contribution is -2.45. The van der Waals surface area contributed by atoms with Crippen molar-refractivity contribution in [1.82, 2.24) is 0 Å². The Balaban J connectivity index is 1.86. The van der Waals surface area contributed by atoms with Crippen molar-refractivity contribution in [2.45, 2.75) is 32.2 Å². The van der Waals surface area contributed by atoms with Crippen molar-refractivity contribution < 1.29 is 9.59 Å². The maximum atomic E-state index is 12.6. The van der Waals surface area contributed by atoms with Crippen LogP contribution in [0.5, 0.6) is 0 Å². The number of amides is 2. The first kappa shape index (κ1) is 15.3. The van der Waals surface area contributed by atoms with Gasteiger partial charge in [0.15, 0.2) is 0 Å². The minimum atomic E-state index is -0.554. The van der Waals surface area contributed by atoms with Crippen LogP contribution in [0.2, 0.25) is 0 Å². The molecule has 0 aliphatic carbocycles. The van der Waals surface area contributed by atoms with Gasteiger partial charge in [-0.1, -0.05) is 36.4 Å². The molecule has 0 fully saturated rings. The molecule has 4 heteroatoms. The van der Waals surface area contributed by atoms with Crippen molar-refractivity contribution >= 4 is 23.2 Å². The number of hydrogen-bond donors (Lipinski definition) is 1. The Morgan fingerprint density at radius 3 is 2.52 bits per heavy atom. The van der Waals surface area contributed by atoms with Gasteiger partial charge < -0.3 is 5.32 Å². The molecule has 2 aromatic rings. The molecule has 4 nitrogen and oxygen atoms in total. The van der Waals surface area contributed by atoms with E-state index in [4.69, 9.17) is 0 Å². The average Bonchev–Trinajstić information content (AvgIpc) is 2.73. The fourth-order valence-electron chi connectivity index (χ4n) is 2.95. The van der Waals surface area contributed by atoms with E-state index in [9.17, 15) is 9.59 Å². The molecule has 1 unspecified atom stereocenters. The smallest absolute Gasteiger partial charge is 0.247 e. The summed E-state index contributed by atoms with van der Waals surface area (Å²) in [6.45, 7) is 1.78. The molecule has 1 heterocycles. The Morgan fingerprint density at radius 1 is 1.04 bits per heavy atom. The first-order valence-electron chi connectivity index (χ1n) is 7.92. The summed E-state index contributed by atoms with van der Waals surface area (Å²) in [6, 6.07) is 16.6. The van der Waals surface area contributed by atoms with Gasteiger partial charge in [-0.15, -0.1) is 0 Å². The topological polar surface area (TPSA) is 49.4 Å². The summed E-state index contributed by atoms with van der Waals surface area (Å²) in [6.07, 6.45) is 2.16. The van der Waals surface area contributed by atoms with Crippen molar-refractivity contribution in [2.24, 2.45) is 0 Å². The molecule has 0 spiro atoms. The quantitative estimate of drug-likeness (QED) is 0.945. The average molecular weight is 308 g/mol. The lowest BCUT2D eigenvalue weighted by Gasteiger charge is -2.28. The lowest BCUT2D eigenvalue weighted by molar-refractivity contribution is -0.123. The Labute approximate surface area is 136 Å². The number of para-hydroxylation sites is 2. The summed E-state index contributed by atoms with van der Waals surface area (Å²) < 4.78 is 0. The monoisotopic (exact) mass is 308 g/mol. The van der Waals surface area contributed by atoms with Crippen LogP contribution >= 0.6 is 0 Å². The van der Waals surface area contributed by atoms with Gasteiger partial charge in [-0.05, 0) is 43.5 Å². The van der Waals surface area contributed by atoms with Crippen LogP contribution in [-0.2, 0) is 16.0 Å². The third kappa shape index (κ3) is 3.26. The van der Waals surface area contributed by atoms with Gasteiger partial charge in [-0.2, -0.15) is 0 Å². The number of hydrogen-bond acceptors (Lipinski definition) is 2. The summed E-state index contributed by atoms with van der Waals surface area (Å²) in [4.78, 5) is 26.7. The van der Waals surface area contributed by atoms with E-state index >= 15 is 0 Å².